The molecule has 0 saturated heterocycles. The number of benzene rings is 3. The van der Waals surface area contributed by atoms with Crippen molar-refractivity contribution < 1.29 is 19.4 Å². The van der Waals surface area contributed by atoms with Gasteiger partial charge in [-0.25, -0.2) is 0 Å². The molecule has 1 aliphatic rings. The molecular formula is C30H34N2O4. The first-order valence-corrected chi connectivity index (χ1v) is 12.5. The summed E-state index contributed by atoms with van der Waals surface area (Å²) in [6, 6.07) is 22.7. The molecule has 0 aliphatic heterocycles. The number of carbonyl (C=O) groups excluding carboxylic acids is 1. The number of carbonyl (C=O) groups is 2. The van der Waals surface area contributed by atoms with E-state index < -0.39 is 12.0 Å². The zero-order chi connectivity index (χ0) is 25.7. The lowest BCUT2D eigenvalue weighted by Crippen LogP contribution is -2.32. The molecule has 0 heterocycles. The Morgan fingerprint density at radius 1 is 0.944 bits per heavy atom. The van der Waals surface area contributed by atoms with Gasteiger partial charge in [-0.2, -0.15) is 0 Å². The lowest BCUT2D eigenvalue weighted by atomic mass is 9.87. The molecule has 1 fully saturated rings. The van der Waals surface area contributed by atoms with Crippen molar-refractivity contribution in [2.75, 3.05) is 6.54 Å². The number of nitrogens with two attached hydrogens (primary N) is 1. The molecule has 0 spiro atoms. The summed E-state index contributed by atoms with van der Waals surface area (Å²) in [4.78, 5) is 23.7. The maximum absolute atomic E-state index is 12.7. The topological polar surface area (TPSA) is 102 Å². The molecule has 188 valence electrons. The van der Waals surface area contributed by atoms with Gasteiger partial charge in [0.25, 0.3) is 5.91 Å². The van der Waals surface area contributed by atoms with Crippen LogP contribution in [0.2, 0.25) is 0 Å². The summed E-state index contributed by atoms with van der Waals surface area (Å²) in [5, 5.41) is 12.0. The number of carboxylic acids is 1. The SMILES string of the molecule is CC(C)[C@@H](CNC(=O)c1ccc(C[C@H](N)C(=O)O)cc1)c1ccc(-c2ccc(OC3CC3)cc2)cc1. The Morgan fingerprint density at radius 2 is 1.53 bits per heavy atom. The molecule has 4 N–H and O–H groups in total. The van der Waals surface area contributed by atoms with Crippen LogP contribution >= 0.6 is 0 Å². The van der Waals surface area contributed by atoms with Crippen molar-refractivity contribution in [2.45, 2.75) is 51.2 Å². The highest BCUT2D eigenvalue weighted by molar-refractivity contribution is 5.94. The minimum Gasteiger partial charge on any atom is -0.490 e. The van der Waals surface area contributed by atoms with E-state index >= 15 is 0 Å². The summed E-state index contributed by atoms with van der Waals surface area (Å²) >= 11 is 0. The van der Waals surface area contributed by atoms with Gasteiger partial charge in [0.05, 0.1) is 6.10 Å². The quantitative estimate of drug-likeness (QED) is 0.353. The van der Waals surface area contributed by atoms with Crippen LogP contribution in [0.1, 0.15) is 54.1 Å². The van der Waals surface area contributed by atoms with Crippen LogP contribution < -0.4 is 15.8 Å². The molecule has 1 amide bonds. The zero-order valence-electron chi connectivity index (χ0n) is 20.8. The third-order valence-electron chi connectivity index (χ3n) is 6.63. The predicted octanol–water partition coefficient (Wildman–Crippen LogP) is 5.02. The average Bonchev–Trinajstić information content (AvgIpc) is 3.69. The lowest BCUT2D eigenvalue weighted by Gasteiger charge is -2.22. The number of hydrogen-bond donors (Lipinski definition) is 3. The van der Waals surface area contributed by atoms with Crippen molar-refractivity contribution in [3.63, 3.8) is 0 Å². The van der Waals surface area contributed by atoms with Crippen LogP contribution in [0, 0.1) is 5.92 Å². The van der Waals surface area contributed by atoms with E-state index in [0.717, 1.165) is 35.3 Å². The Labute approximate surface area is 212 Å². The highest BCUT2D eigenvalue weighted by Gasteiger charge is 2.23. The Bertz CT molecular complexity index is 1170. The second kappa shape index (κ2) is 11.4. The third-order valence-corrected chi connectivity index (χ3v) is 6.63. The first-order chi connectivity index (χ1) is 17.3. The van der Waals surface area contributed by atoms with Crippen LogP contribution in [0.25, 0.3) is 11.1 Å². The molecule has 4 rings (SSSR count). The average molecular weight is 487 g/mol. The smallest absolute Gasteiger partial charge is 0.320 e. The molecule has 0 unspecified atom stereocenters. The van der Waals surface area contributed by atoms with Crippen molar-refractivity contribution in [3.8, 4) is 16.9 Å². The minimum atomic E-state index is -1.04. The molecular weight excluding hydrogens is 452 g/mol. The first kappa shape index (κ1) is 25.5. The van der Waals surface area contributed by atoms with Gasteiger partial charge in [0.15, 0.2) is 0 Å². The number of carboxylic acid groups (broad SMARTS) is 1. The zero-order valence-corrected chi connectivity index (χ0v) is 20.8. The van der Waals surface area contributed by atoms with Gasteiger partial charge < -0.3 is 20.9 Å². The highest BCUT2D eigenvalue weighted by atomic mass is 16.5. The van der Waals surface area contributed by atoms with E-state index in [9.17, 15) is 9.59 Å². The maximum atomic E-state index is 12.7. The summed E-state index contributed by atoms with van der Waals surface area (Å²) in [6.45, 7) is 4.84. The van der Waals surface area contributed by atoms with E-state index in [1.807, 2.05) is 12.1 Å². The number of aliphatic carboxylic acids is 1. The molecule has 6 nitrogen and oxygen atoms in total. The number of hydrogen-bond acceptors (Lipinski definition) is 4. The van der Waals surface area contributed by atoms with E-state index in [1.165, 1.54) is 5.56 Å². The summed E-state index contributed by atoms with van der Waals surface area (Å²) in [6.07, 6.45) is 2.92. The molecule has 3 aromatic carbocycles. The van der Waals surface area contributed by atoms with Crippen molar-refractivity contribution in [1.82, 2.24) is 5.32 Å². The standard InChI is InChI=1S/C30H34N2O4/c1-19(2)27(18-32-29(33)24-5-3-20(4-6-24)17-28(31)30(34)35)23-9-7-21(8-10-23)22-11-13-25(14-12-22)36-26-15-16-26/h3-14,19,26-28H,15-18,31H2,1-2H3,(H,32,33)(H,34,35)/t27-,28+/m1/s1. The summed E-state index contributed by atoms with van der Waals surface area (Å²) in [7, 11) is 0. The van der Waals surface area contributed by atoms with E-state index in [-0.39, 0.29) is 18.2 Å². The Balaban J connectivity index is 1.35. The molecule has 0 bridgehead atoms. The summed E-state index contributed by atoms with van der Waals surface area (Å²) < 4.78 is 5.84. The van der Waals surface area contributed by atoms with E-state index in [2.05, 4.69) is 55.6 Å². The normalized spacial score (nSPS) is 14.8. The lowest BCUT2D eigenvalue weighted by molar-refractivity contribution is -0.138. The van der Waals surface area contributed by atoms with Crippen LogP contribution in [-0.2, 0) is 11.2 Å². The van der Waals surface area contributed by atoms with E-state index in [0.29, 0.717) is 24.1 Å². The Kier molecular flexibility index (Phi) is 8.06. The van der Waals surface area contributed by atoms with Crippen LogP contribution in [0.4, 0.5) is 0 Å². The molecule has 36 heavy (non-hydrogen) atoms. The summed E-state index contributed by atoms with van der Waals surface area (Å²) in [5.74, 6) is 0.243. The molecule has 0 radical (unpaired) electrons. The van der Waals surface area contributed by atoms with Crippen molar-refractivity contribution in [2.24, 2.45) is 11.7 Å². The van der Waals surface area contributed by atoms with Gasteiger partial charge in [0.2, 0.25) is 0 Å². The fraction of sp³-hybridized carbons (Fsp3) is 0.333. The number of amides is 1. The maximum Gasteiger partial charge on any atom is 0.320 e. The van der Waals surface area contributed by atoms with Gasteiger partial charge in [-0.1, -0.05) is 62.4 Å². The second-order valence-electron chi connectivity index (χ2n) is 9.87. The third kappa shape index (κ3) is 6.73. The van der Waals surface area contributed by atoms with Gasteiger partial charge in [0, 0.05) is 18.0 Å². The Morgan fingerprint density at radius 3 is 2.06 bits per heavy atom. The van der Waals surface area contributed by atoms with Crippen molar-refractivity contribution in [1.29, 1.82) is 0 Å². The number of ether oxygens (including phenoxy) is 1. The molecule has 2 atom stereocenters. The van der Waals surface area contributed by atoms with Crippen molar-refractivity contribution >= 4 is 11.9 Å². The highest BCUT2D eigenvalue weighted by Crippen LogP contribution is 2.30. The van der Waals surface area contributed by atoms with E-state index in [4.69, 9.17) is 15.6 Å². The minimum absolute atomic E-state index is 0.153. The van der Waals surface area contributed by atoms with Crippen LogP contribution in [-0.4, -0.2) is 35.7 Å². The van der Waals surface area contributed by atoms with E-state index in [1.54, 1.807) is 24.3 Å². The van der Waals surface area contributed by atoms with Gasteiger partial charge >= 0.3 is 5.97 Å². The fourth-order valence-corrected chi connectivity index (χ4v) is 4.20. The molecule has 1 saturated carbocycles. The second-order valence-corrected chi connectivity index (χ2v) is 9.87. The molecule has 0 aromatic heterocycles. The fourth-order valence-electron chi connectivity index (χ4n) is 4.20. The van der Waals surface area contributed by atoms with Crippen LogP contribution in [0.3, 0.4) is 0 Å². The van der Waals surface area contributed by atoms with Gasteiger partial charge in [-0.3, -0.25) is 9.59 Å². The molecule has 1 aliphatic carbocycles. The number of nitrogens with one attached hydrogen (secondary N) is 1. The van der Waals surface area contributed by atoms with Crippen LogP contribution in [0.5, 0.6) is 5.75 Å². The van der Waals surface area contributed by atoms with Crippen molar-refractivity contribution in [3.05, 3.63) is 89.5 Å². The summed E-state index contributed by atoms with van der Waals surface area (Å²) in [5.41, 5.74) is 10.4. The molecule has 6 heteroatoms. The largest absolute Gasteiger partial charge is 0.490 e. The van der Waals surface area contributed by atoms with Crippen LogP contribution in [0.15, 0.2) is 72.8 Å². The van der Waals surface area contributed by atoms with Gasteiger partial charge in [-0.05, 0) is 71.7 Å². The van der Waals surface area contributed by atoms with Gasteiger partial charge in [0.1, 0.15) is 11.8 Å². The Hall–Kier alpha value is -3.64. The first-order valence-electron chi connectivity index (χ1n) is 12.5. The van der Waals surface area contributed by atoms with Gasteiger partial charge in [-0.15, -0.1) is 0 Å². The monoisotopic (exact) mass is 486 g/mol. The molecule has 3 aromatic rings. The predicted molar refractivity (Wildman–Crippen MR) is 141 cm³/mol. The number of rotatable bonds is 11.